The van der Waals surface area contributed by atoms with Crippen molar-refractivity contribution in [2.45, 2.75) is 6.92 Å². The van der Waals surface area contributed by atoms with Gasteiger partial charge in [-0.15, -0.1) is 0 Å². The number of nitro groups is 1. The van der Waals surface area contributed by atoms with Gasteiger partial charge in [0.05, 0.1) is 29.5 Å². The fourth-order valence-corrected chi connectivity index (χ4v) is 3.67. The number of nitrogens with zero attached hydrogens (tertiary/aromatic N) is 5. The third-order valence-corrected chi connectivity index (χ3v) is 5.13. The van der Waals surface area contributed by atoms with E-state index in [-0.39, 0.29) is 10.6 Å². The molecule has 2 heterocycles. The second-order valence-electron chi connectivity index (χ2n) is 6.86. The number of fused-ring (bicyclic) bond motifs is 1. The maximum Gasteiger partial charge on any atom is 0.318 e. The molecule has 0 N–H and O–H groups in total. The summed E-state index contributed by atoms with van der Waals surface area (Å²) in [4.78, 5) is 24.0. The van der Waals surface area contributed by atoms with Crippen LogP contribution in [-0.2, 0) is 0 Å². The van der Waals surface area contributed by atoms with Crippen molar-refractivity contribution in [3.8, 4) is 11.8 Å². The highest BCUT2D eigenvalue weighted by atomic mass is 16.6. The van der Waals surface area contributed by atoms with E-state index in [0.717, 1.165) is 54.3 Å². The molecular weight excluding hydrogens is 386 g/mol. The molecule has 0 amide bonds. The molecule has 0 atom stereocenters. The molecule has 156 valence electrons. The van der Waals surface area contributed by atoms with Crippen LogP contribution in [-0.4, -0.2) is 54.8 Å². The summed E-state index contributed by atoms with van der Waals surface area (Å²) in [6.45, 7) is 5.52. The number of aromatic nitrogens is 2. The summed E-state index contributed by atoms with van der Waals surface area (Å²) in [5, 5.41) is 11.8. The lowest BCUT2D eigenvalue weighted by molar-refractivity contribution is -0.384. The van der Waals surface area contributed by atoms with Gasteiger partial charge in [0, 0.05) is 44.0 Å². The Bertz CT molecular complexity index is 1050. The molecule has 9 heteroatoms. The Morgan fingerprint density at radius 3 is 2.37 bits per heavy atom. The lowest BCUT2D eigenvalue weighted by Gasteiger charge is -2.37. The molecule has 9 nitrogen and oxygen atoms in total. The van der Waals surface area contributed by atoms with E-state index in [2.05, 4.69) is 19.8 Å². The van der Waals surface area contributed by atoms with Gasteiger partial charge < -0.3 is 19.3 Å². The highest BCUT2D eigenvalue weighted by Gasteiger charge is 2.23. The standard InChI is InChI=1S/C21H23N5O4/c1-3-30-18-6-4-5-17-19(18)20(23-21(22-17)29-2)25-13-11-24(12-14-25)15-7-9-16(10-8-15)26(27)28/h4-10H,3,11-14H2,1-2H3. The molecule has 1 aliphatic rings. The summed E-state index contributed by atoms with van der Waals surface area (Å²) in [6.07, 6.45) is 0. The molecule has 0 radical (unpaired) electrons. The van der Waals surface area contributed by atoms with Gasteiger partial charge in [0.1, 0.15) is 11.6 Å². The molecule has 4 rings (SSSR count). The molecule has 0 spiro atoms. The fourth-order valence-electron chi connectivity index (χ4n) is 3.67. The highest BCUT2D eigenvalue weighted by molar-refractivity contribution is 5.95. The molecule has 0 saturated carbocycles. The molecule has 30 heavy (non-hydrogen) atoms. The Morgan fingerprint density at radius 1 is 1.03 bits per heavy atom. The Kier molecular flexibility index (Phi) is 5.51. The quantitative estimate of drug-likeness (QED) is 0.452. The van der Waals surface area contributed by atoms with E-state index in [4.69, 9.17) is 9.47 Å². The molecule has 1 fully saturated rings. The van der Waals surface area contributed by atoms with Crippen LogP contribution >= 0.6 is 0 Å². The van der Waals surface area contributed by atoms with Crippen molar-refractivity contribution in [1.29, 1.82) is 0 Å². The van der Waals surface area contributed by atoms with E-state index in [1.165, 1.54) is 0 Å². The molecule has 1 aromatic heterocycles. The van der Waals surface area contributed by atoms with Gasteiger partial charge in [-0.2, -0.15) is 9.97 Å². The van der Waals surface area contributed by atoms with Crippen LogP contribution in [0, 0.1) is 10.1 Å². The summed E-state index contributed by atoms with van der Waals surface area (Å²) in [6, 6.07) is 12.8. The van der Waals surface area contributed by atoms with Crippen LogP contribution in [0.1, 0.15) is 6.92 Å². The number of piperazine rings is 1. The lowest BCUT2D eigenvalue weighted by atomic mass is 10.1. The maximum absolute atomic E-state index is 10.9. The van der Waals surface area contributed by atoms with Crippen molar-refractivity contribution in [3.63, 3.8) is 0 Å². The average molecular weight is 409 g/mol. The van der Waals surface area contributed by atoms with Gasteiger partial charge >= 0.3 is 6.01 Å². The zero-order valence-corrected chi connectivity index (χ0v) is 16.9. The molecule has 0 unspecified atom stereocenters. The normalized spacial score (nSPS) is 14.1. The van der Waals surface area contributed by atoms with Crippen molar-refractivity contribution in [2.75, 3.05) is 49.7 Å². The Morgan fingerprint density at radius 2 is 1.73 bits per heavy atom. The van der Waals surface area contributed by atoms with Crippen LogP contribution in [0.25, 0.3) is 10.9 Å². The number of ether oxygens (including phenoxy) is 2. The van der Waals surface area contributed by atoms with E-state index >= 15 is 0 Å². The second-order valence-corrected chi connectivity index (χ2v) is 6.86. The Balaban J connectivity index is 1.60. The average Bonchev–Trinajstić information content (AvgIpc) is 2.79. The number of hydrogen-bond donors (Lipinski definition) is 0. The summed E-state index contributed by atoms with van der Waals surface area (Å²) < 4.78 is 11.2. The predicted octanol–water partition coefficient (Wildman–Crippen LogP) is 3.27. The largest absolute Gasteiger partial charge is 0.493 e. The second kappa shape index (κ2) is 8.40. The molecule has 2 aromatic carbocycles. The number of anilines is 2. The number of benzene rings is 2. The first-order valence-corrected chi connectivity index (χ1v) is 9.82. The summed E-state index contributed by atoms with van der Waals surface area (Å²) in [5.74, 6) is 1.55. The molecule has 1 aliphatic heterocycles. The van der Waals surface area contributed by atoms with Gasteiger partial charge in [0.15, 0.2) is 0 Å². The van der Waals surface area contributed by atoms with Crippen LogP contribution < -0.4 is 19.3 Å². The van der Waals surface area contributed by atoms with Crippen molar-refractivity contribution in [3.05, 3.63) is 52.6 Å². The highest BCUT2D eigenvalue weighted by Crippen LogP contribution is 2.34. The summed E-state index contributed by atoms with van der Waals surface area (Å²) >= 11 is 0. The summed E-state index contributed by atoms with van der Waals surface area (Å²) in [5.41, 5.74) is 1.85. The van der Waals surface area contributed by atoms with Gasteiger partial charge in [-0.05, 0) is 31.2 Å². The van der Waals surface area contributed by atoms with Crippen molar-refractivity contribution < 1.29 is 14.4 Å². The number of non-ortho nitro benzene ring substituents is 1. The van der Waals surface area contributed by atoms with Gasteiger partial charge in [0.2, 0.25) is 0 Å². The molecule has 0 bridgehead atoms. The van der Waals surface area contributed by atoms with Gasteiger partial charge in [-0.25, -0.2) is 0 Å². The van der Waals surface area contributed by atoms with Crippen LogP contribution in [0.2, 0.25) is 0 Å². The van der Waals surface area contributed by atoms with Crippen LogP contribution in [0.5, 0.6) is 11.8 Å². The maximum atomic E-state index is 10.9. The minimum absolute atomic E-state index is 0.0976. The van der Waals surface area contributed by atoms with Crippen LogP contribution in [0.15, 0.2) is 42.5 Å². The van der Waals surface area contributed by atoms with Crippen LogP contribution in [0.4, 0.5) is 17.2 Å². The Labute approximate surface area is 174 Å². The zero-order valence-electron chi connectivity index (χ0n) is 16.9. The van der Waals surface area contributed by atoms with Crippen molar-refractivity contribution in [1.82, 2.24) is 9.97 Å². The van der Waals surface area contributed by atoms with E-state index in [1.807, 2.05) is 25.1 Å². The SMILES string of the molecule is CCOc1cccc2nc(OC)nc(N3CCN(c4ccc([N+](=O)[O-])cc4)CC3)c12. The third kappa shape index (κ3) is 3.78. The number of methoxy groups -OCH3 is 1. The number of hydrogen-bond acceptors (Lipinski definition) is 8. The van der Waals surface area contributed by atoms with E-state index in [9.17, 15) is 10.1 Å². The zero-order chi connectivity index (χ0) is 21.1. The van der Waals surface area contributed by atoms with Gasteiger partial charge in [-0.3, -0.25) is 10.1 Å². The van der Waals surface area contributed by atoms with Crippen molar-refractivity contribution in [2.24, 2.45) is 0 Å². The molecular formula is C21H23N5O4. The monoisotopic (exact) mass is 409 g/mol. The first kappa shape index (κ1) is 19.7. The van der Waals surface area contributed by atoms with E-state index in [0.29, 0.717) is 12.6 Å². The molecule has 1 saturated heterocycles. The number of nitro benzene ring substituents is 1. The van der Waals surface area contributed by atoms with E-state index in [1.54, 1.807) is 31.4 Å². The molecule has 0 aliphatic carbocycles. The van der Waals surface area contributed by atoms with Crippen LogP contribution in [0.3, 0.4) is 0 Å². The first-order chi connectivity index (χ1) is 14.6. The van der Waals surface area contributed by atoms with Gasteiger partial charge in [-0.1, -0.05) is 6.07 Å². The van der Waals surface area contributed by atoms with E-state index < -0.39 is 0 Å². The lowest BCUT2D eigenvalue weighted by Crippen LogP contribution is -2.47. The number of rotatable bonds is 6. The predicted molar refractivity (Wildman–Crippen MR) is 115 cm³/mol. The molecule has 3 aromatic rings. The minimum Gasteiger partial charge on any atom is -0.493 e. The first-order valence-electron chi connectivity index (χ1n) is 9.82. The summed E-state index contributed by atoms with van der Waals surface area (Å²) in [7, 11) is 1.56. The third-order valence-electron chi connectivity index (χ3n) is 5.13. The Hall–Kier alpha value is -3.62. The van der Waals surface area contributed by atoms with Gasteiger partial charge in [0.25, 0.3) is 5.69 Å². The fraction of sp³-hybridized carbons (Fsp3) is 0.333. The topological polar surface area (TPSA) is 93.9 Å². The minimum atomic E-state index is -0.384. The smallest absolute Gasteiger partial charge is 0.318 e. The van der Waals surface area contributed by atoms with Crippen molar-refractivity contribution >= 4 is 28.1 Å².